The van der Waals surface area contributed by atoms with Crippen molar-refractivity contribution in [3.8, 4) is 5.75 Å². The number of aromatic nitrogens is 2. The number of amides is 1. The van der Waals surface area contributed by atoms with Gasteiger partial charge in [0.25, 0.3) is 15.7 Å². The summed E-state index contributed by atoms with van der Waals surface area (Å²) < 4.78 is 34.0. The predicted molar refractivity (Wildman–Crippen MR) is 145 cm³/mol. The molecule has 10 nitrogen and oxygen atoms in total. The zero-order chi connectivity index (χ0) is 26.9. The van der Waals surface area contributed by atoms with Gasteiger partial charge in [-0.05, 0) is 41.1 Å². The van der Waals surface area contributed by atoms with E-state index in [1.54, 1.807) is 42.5 Å². The van der Waals surface area contributed by atoms with Crippen LogP contribution < -0.4 is 10.1 Å². The second-order valence-electron chi connectivity index (χ2n) is 8.14. The lowest BCUT2D eigenvalue weighted by Gasteiger charge is -2.12. The fraction of sp³-hybridized carbons (Fsp3) is 0.0769. The number of ether oxygens (including phenoxy) is 1. The van der Waals surface area contributed by atoms with Crippen LogP contribution in [0.5, 0.6) is 5.75 Å². The first-order valence-electron chi connectivity index (χ1n) is 11.2. The summed E-state index contributed by atoms with van der Waals surface area (Å²) in [5.74, 6) is -0.474. The Labute approximate surface area is 221 Å². The third kappa shape index (κ3) is 4.78. The monoisotopic (exact) mass is 548 g/mol. The second kappa shape index (κ2) is 10.1. The molecule has 0 saturated carbocycles. The lowest BCUT2D eigenvalue weighted by Crippen LogP contribution is -2.17. The predicted octanol–water partition coefficient (Wildman–Crippen LogP) is 5.07. The van der Waals surface area contributed by atoms with Crippen molar-refractivity contribution in [1.82, 2.24) is 8.96 Å². The molecule has 1 aromatic heterocycles. The molecule has 0 spiro atoms. The SMILES string of the molecule is COc1ccc([N+](=O)[O-])cc1NC(=O)CSc1nc2ccccc2n1S(=O)(=O)c1ccc2ccccc2c1. The summed E-state index contributed by atoms with van der Waals surface area (Å²) in [4.78, 5) is 27.9. The van der Waals surface area contributed by atoms with Gasteiger partial charge in [0.2, 0.25) is 5.91 Å². The average Bonchev–Trinajstić information content (AvgIpc) is 3.31. The molecule has 4 aromatic carbocycles. The molecule has 0 unspecified atom stereocenters. The summed E-state index contributed by atoms with van der Waals surface area (Å²) in [6, 6.07) is 23.0. The van der Waals surface area contributed by atoms with Crippen LogP contribution in [0.15, 0.2) is 95.0 Å². The van der Waals surface area contributed by atoms with E-state index in [9.17, 15) is 23.3 Å². The van der Waals surface area contributed by atoms with E-state index in [0.29, 0.717) is 11.0 Å². The maximum absolute atomic E-state index is 13.8. The van der Waals surface area contributed by atoms with Gasteiger partial charge in [0.05, 0.1) is 39.4 Å². The van der Waals surface area contributed by atoms with Gasteiger partial charge in [0, 0.05) is 12.1 Å². The number of carbonyl (C=O) groups excluding carboxylic acids is 1. The van der Waals surface area contributed by atoms with Crippen molar-refractivity contribution in [2.45, 2.75) is 10.1 Å². The Hall–Kier alpha value is -4.42. The van der Waals surface area contributed by atoms with Gasteiger partial charge in [-0.2, -0.15) is 0 Å². The number of non-ortho nitro benzene ring substituents is 1. The molecule has 0 aliphatic carbocycles. The third-order valence-electron chi connectivity index (χ3n) is 5.75. The number of rotatable bonds is 8. The number of imidazole rings is 1. The van der Waals surface area contributed by atoms with Crippen LogP contribution in [0.2, 0.25) is 0 Å². The number of nitro benzene ring substituents is 1. The number of hydrogen-bond acceptors (Lipinski definition) is 8. The van der Waals surface area contributed by atoms with Crippen molar-refractivity contribution in [3.05, 3.63) is 95.0 Å². The lowest BCUT2D eigenvalue weighted by atomic mass is 10.1. The smallest absolute Gasteiger partial charge is 0.271 e. The fourth-order valence-corrected chi connectivity index (χ4v) is 6.51. The Morgan fingerprint density at radius 3 is 2.53 bits per heavy atom. The molecule has 0 aliphatic rings. The first-order valence-corrected chi connectivity index (χ1v) is 13.7. The van der Waals surface area contributed by atoms with Crippen LogP contribution in [0.3, 0.4) is 0 Å². The van der Waals surface area contributed by atoms with Crippen LogP contribution in [0.4, 0.5) is 11.4 Å². The Morgan fingerprint density at radius 1 is 1.03 bits per heavy atom. The lowest BCUT2D eigenvalue weighted by molar-refractivity contribution is -0.384. The zero-order valence-electron chi connectivity index (χ0n) is 19.9. The van der Waals surface area contributed by atoms with Gasteiger partial charge < -0.3 is 10.1 Å². The van der Waals surface area contributed by atoms with Crippen LogP contribution in [-0.4, -0.2) is 41.1 Å². The minimum Gasteiger partial charge on any atom is -0.495 e. The first-order chi connectivity index (χ1) is 18.3. The largest absolute Gasteiger partial charge is 0.495 e. The molecule has 1 heterocycles. The van der Waals surface area contributed by atoms with E-state index < -0.39 is 20.9 Å². The zero-order valence-corrected chi connectivity index (χ0v) is 21.5. The molecule has 0 radical (unpaired) electrons. The number of thioether (sulfide) groups is 1. The van der Waals surface area contributed by atoms with E-state index in [-0.39, 0.29) is 32.9 Å². The van der Waals surface area contributed by atoms with Crippen molar-refractivity contribution in [3.63, 3.8) is 0 Å². The normalized spacial score (nSPS) is 11.5. The third-order valence-corrected chi connectivity index (χ3v) is 8.50. The van der Waals surface area contributed by atoms with Crippen molar-refractivity contribution < 1.29 is 22.9 Å². The molecular weight excluding hydrogens is 528 g/mol. The first kappa shape index (κ1) is 25.2. The van der Waals surface area contributed by atoms with Crippen LogP contribution in [0, 0.1) is 10.1 Å². The highest BCUT2D eigenvalue weighted by Gasteiger charge is 2.25. The highest BCUT2D eigenvalue weighted by atomic mass is 32.2. The Bertz CT molecular complexity index is 1820. The second-order valence-corrected chi connectivity index (χ2v) is 10.9. The number of anilines is 1. The number of hydrogen-bond donors (Lipinski definition) is 1. The van der Waals surface area contributed by atoms with Crippen LogP contribution in [0.25, 0.3) is 21.8 Å². The van der Waals surface area contributed by atoms with E-state index in [1.165, 1.54) is 25.3 Å². The quantitative estimate of drug-likeness (QED) is 0.161. The summed E-state index contributed by atoms with van der Waals surface area (Å²) in [5.41, 5.74) is 0.755. The minimum absolute atomic E-state index is 0.0898. The fourth-order valence-electron chi connectivity index (χ4n) is 3.96. The van der Waals surface area contributed by atoms with E-state index in [4.69, 9.17) is 4.74 Å². The molecule has 38 heavy (non-hydrogen) atoms. The molecule has 0 fully saturated rings. The van der Waals surface area contributed by atoms with Crippen molar-refractivity contribution in [2.24, 2.45) is 0 Å². The molecular formula is C26H20N4O6S2. The molecule has 0 aliphatic heterocycles. The number of nitrogens with zero attached hydrogens (tertiary/aromatic N) is 3. The number of benzene rings is 4. The van der Waals surface area contributed by atoms with Crippen molar-refractivity contribution in [1.29, 1.82) is 0 Å². The Balaban J connectivity index is 1.47. The molecule has 5 aromatic rings. The molecule has 1 N–H and O–H groups in total. The Kier molecular flexibility index (Phi) is 6.74. The molecule has 0 atom stereocenters. The Morgan fingerprint density at radius 2 is 1.76 bits per heavy atom. The highest BCUT2D eigenvalue weighted by Crippen LogP contribution is 2.32. The molecule has 12 heteroatoms. The summed E-state index contributed by atoms with van der Waals surface area (Å²) in [6.45, 7) is 0. The summed E-state index contributed by atoms with van der Waals surface area (Å²) >= 11 is 0.935. The maximum atomic E-state index is 13.8. The topological polar surface area (TPSA) is 133 Å². The number of nitro groups is 1. The van der Waals surface area contributed by atoms with Gasteiger partial charge in [-0.1, -0.05) is 54.2 Å². The molecule has 0 saturated heterocycles. The van der Waals surface area contributed by atoms with Gasteiger partial charge in [0.15, 0.2) is 5.16 Å². The van der Waals surface area contributed by atoms with Gasteiger partial charge in [-0.3, -0.25) is 14.9 Å². The average molecular weight is 549 g/mol. The van der Waals surface area contributed by atoms with Crippen molar-refractivity contribution in [2.75, 3.05) is 18.2 Å². The number of methoxy groups -OCH3 is 1. The maximum Gasteiger partial charge on any atom is 0.271 e. The van der Waals surface area contributed by atoms with Crippen LogP contribution in [0.1, 0.15) is 0 Å². The van der Waals surface area contributed by atoms with Gasteiger partial charge in [-0.15, -0.1) is 0 Å². The van der Waals surface area contributed by atoms with Crippen LogP contribution >= 0.6 is 11.8 Å². The van der Waals surface area contributed by atoms with Gasteiger partial charge in [-0.25, -0.2) is 17.4 Å². The molecule has 5 rings (SSSR count). The summed E-state index contributed by atoms with van der Waals surface area (Å²) in [7, 11) is -2.69. The standard InChI is InChI=1S/C26H20N4O6S2/c1-36-24-13-11-19(30(32)33)15-22(24)27-25(31)16-37-26-28-21-8-4-5-9-23(21)29(26)38(34,35)20-12-10-17-6-2-3-7-18(17)14-20/h2-15H,16H2,1H3,(H,27,31). The van der Waals surface area contributed by atoms with Crippen molar-refractivity contribution >= 4 is 60.9 Å². The van der Waals surface area contributed by atoms with E-state index in [2.05, 4.69) is 10.3 Å². The number of carbonyl (C=O) groups is 1. The number of fused-ring (bicyclic) bond motifs is 2. The number of nitrogens with one attached hydrogen (secondary N) is 1. The van der Waals surface area contributed by atoms with Gasteiger partial charge >= 0.3 is 0 Å². The van der Waals surface area contributed by atoms with Gasteiger partial charge in [0.1, 0.15) is 5.75 Å². The minimum atomic E-state index is -4.07. The molecule has 0 bridgehead atoms. The van der Waals surface area contributed by atoms with E-state index in [1.807, 2.05) is 24.3 Å². The molecule has 1 amide bonds. The van der Waals surface area contributed by atoms with E-state index >= 15 is 0 Å². The van der Waals surface area contributed by atoms with Crippen LogP contribution in [-0.2, 0) is 14.8 Å². The summed E-state index contributed by atoms with van der Waals surface area (Å²) in [6.07, 6.45) is 0. The highest BCUT2D eigenvalue weighted by molar-refractivity contribution is 8.00. The van der Waals surface area contributed by atoms with E-state index in [0.717, 1.165) is 26.5 Å². The summed E-state index contributed by atoms with van der Waals surface area (Å²) in [5, 5.41) is 15.5. The molecule has 192 valence electrons. The number of para-hydroxylation sites is 2.